The Bertz CT molecular complexity index is 502. The van der Waals surface area contributed by atoms with Gasteiger partial charge in [-0.1, -0.05) is 0 Å². The van der Waals surface area contributed by atoms with E-state index in [0.29, 0.717) is 0 Å². The smallest absolute Gasteiger partial charge is 0.270 e. The predicted molar refractivity (Wildman–Crippen MR) is 51.9 cm³/mol. The zero-order chi connectivity index (χ0) is 12.5. The van der Waals surface area contributed by atoms with Gasteiger partial charge in [0.15, 0.2) is 5.03 Å². The van der Waals surface area contributed by atoms with E-state index in [1.165, 1.54) is 13.0 Å². The van der Waals surface area contributed by atoms with Crippen molar-refractivity contribution in [2.45, 2.75) is 18.4 Å². The highest BCUT2D eigenvalue weighted by Crippen LogP contribution is 2.33. The zero-order valence-electron chi connectivity index (χ0n) is 8.57. The lowest BCUT2D eigenvalue weighted by atomic mass is 10.2. The van der Waals surface area contributed by atoms with Crippen LogP contribution in [0.2, 0.25) is 0 Å². The van der Waals surface area contributed by atoms with Crippen LogP contribution in [0.4, 0.5) is 8.78 Å². The van der Waals surface area contributed by atoms with Crippen LogP contribution in [0.15, 0.2) is 11.1 Å². The van der Waals surface area contributed by atoms with Crippen LogP contribution < -0.4 is 9.88 Å². The van der Waals surface area contributed by atoms with E-state index in [9.17, 15) is 17.2 Å². The van der Waals surface area contributed by atoms with Crippen LogP contribution in [0.1, 0.15) is 17.7 Å². The molecule has 0 aliphatic rings. The van der Waals surface area contributed by atoms with Gasteiger partial charge < -0.3 is 4.74 Å². The maximum atomic E-state index is 12.7. The van der Waals surface area contributed by atoms with E-state index in [2.05, 4.69) is 9.72 Å². The summed E-state index contributed by atoms with van der Waals surface area (Å²) in [6.45, 7) is 1.45. The van der Waals surface area contributed by atoms with Gasteiger partial charge >= 0.3 is 0 Å². The minimum Gasteiger partial charge on any atom is -0.496 e. The summed E-state index contributed by atoms with van der Waals surface area (Å²) in [6.07, 6.45) is -3.03. The number of hydrogen-bond acceptors (Lipinski definition) is 4. The Balaban J connectivity index is 3.64. The standard InChI is InChI=1S/C8H10F2N2O3S/c1-4-3-5(15-2)6(7(9)10)8(12-4)16(11,13)14/h3,7H,1-2H3,(H2,11,13,14). The van der Waals surface area contributed by atoms with Crippen LogP contribution in [0.3, 0.4) is 0 Å². The molecule has 0 amide bonds. The molecular formula is C8H10F2N2O3S. The maximum Gasteiger partial charge on any atom is 0.270 e. The van der Waals surface area contributed by atoms with Crippen molar-refractivity contribution in [3.63, 3.8) is 0 Å². The van der Waals surface area contributed by atoms with E-state index in [-0.39, 0.29) is 11.4 Å². The molecule has 0 aromatic carbocycles. The second-order valence-corrected chi connectivity index (χ2v) is 4.51. The summed E-state index contributed by atoms with van der Waals surface area (Å²) in [6, 6.07) is 1.22. The number of halogens is 2. The lowest BCUT2D eigenvalue weighted by molar-refractivity contribution is 0.142. The fourth-order valence-electron chi connectivity index (χ4n) is 1.21. The SMILES string of the molecule is COc1cc(C)nc(S(N)(=O)=O)c1C(F)F. The Labute approximate surface area is 91.3 Å². The molecule has 8 heteroatoms. The Morgan fingerprint density at radius 3 is 2.44 bits per heavy atom. The number of nitrogens with two attached hydrogens (primary N) is 1. The highest BCUT2D eigenvalue weighted by atomic mass is 32.2. The van der Waals surface area contributed by atoms with Gasteiger partial charge in [0, 0.05) is 11.8 Å². The average Bonchev–Trinajstić information content (AvgIpc) is 2.14. The van der Waals surface area contributed by atoms with Crippen LogP contribution >= 0.6 is 0 Å². The number of hydrogen-bond donors (Lipinski definition) is 1. The van der Waals surface area contributed by atoms with Gasteiger partial charge in [-0.05, 0) is 6.92 Å². The highest BCUT2D eigenvalue weighted by molar-refractivity contribution is 7.89. The second-order valence-electron chi connectivity index (χ2n) is 3.03. The van der Waals surface area contributed by atoms with Gasteiger partial charge in [-0.15, -0.1) is 0 Å². The summed E-state index contributed by atoms with van der Waals surface area (Å²) >= 11 is 0. The van der Waals surface area contributed by atoms with Gasteiger partial charge in [0.25, 0.3) is 16.4 Å². The van der Waals surface area contributed by atoms with Crippen molar-refractivity contribution in [3.8, 4) is 5.75 Å². The molecule has 0 saturated heterocycles. The number of alkyl halides is 2. The van der Waals surface area contributed by atoms with E-state index in [0.717, 1.165) is 7.11 Å². The molecule has 1 rings (SSSR count). The number of primary sulfonamides is 1. The molecule has 0 aliphatic heterocycles. The molecule has 1 aromatic rings. The fourth-order valence-corrected chi connectivity index (χ4v) is 1.98. The summed E-state index contributed by atoms with van der Waals surface area (Å²) < 4.78 is 52.3. The average molecular weight is 252 g/mol. The van der Waals surface area contributed by atoms with Crippen LogP contribution in [0, 0.1) is 6.92 Å². The molecule has 5 nitrogen and oxygen atoms in total. The molecular weight excluding hydrogens is 242 g/mol. The Morgan fingerprint density at radius 1 is 1.50 bits per heavy atom. The Hall–Kier alpha value is -1.28. The molecule has 0 unspecified atom stereocenters. The third-order valence-corrected chi connectivity index (χ3v) is 2.67. The minimum absolute atomic E-state index is 0.227. The Morgan fingerprint density at radius 2 is 2.06 bits per heavy atom. The van der Waals surface area contributed by atoms with E-state index in [1.807, 2.05) is 0 Å². The topological polar surface area (TPSA) is 82.3 Å². The number of aryl methyl sites for hydroxylation is 1. The summed E-state index contributed by atoms with van der Waals surface area (Å²) in [7, 11) is -3.14. The van der Waals surface area contributed by atoms with Gasteiger partial charge in [0.1, 0.15) is 5.75 Å². The monoisotopic (exact) mass is 252 g/mol. The first-order chi connectivity index (χ1) is 7.27. The van der Waals surface area contributed by atoms with Crippen molar-refractivity contribution in [1.29, 1.82) is 0 Å². The van der Waals surface area contributed by atoms with Gasteiger partial charge in [0.05, 0.1) is 12.7 Å². The molecule has 0 aliphatic carbocycles. The fraction of sp³-hybridized carbons (Fsp3) is 0.375. The predicted octanol–water partition coefficient (Wildman–Crippen LogP) is 0.984. The minimum atomic E-state index is -4.30. The van der Waals surface area contributed by atoms with Gasteiger partial charge in [-0.25, -0.2) is 27.3 Å². The Kier molecular flexibility index (Phi) is 3.44. The highest BCUT2D eigenvalue weighted by Gasteiger charge is 2.27. The van der Waals surface area contributed by atoms with Crippen LogP contribution in [0.25, 0.3) is 0 Å². The summed E-state index contributed by atoms with van der Waals surface area (Å²) in [5.74, 6) is -0.244. The van der Waals surface area contributed by atoms with Gasteiger partial charge in [-0.3, -0.25) is 0 Å². The van der Waals surface area contributed by atoms with E-state index >= 15 is 0 Å². The quantitative estimate of drug-likeness (QED) is 0.869. The molecule has 2 N–H and O–H groups in total. The number of nitrogens with zero attached hydrogens (tertiary/aromatic N) is 1. The first kappa shape index (κ1) is 12.8. The molecule has 0 bridgehead atoms. The van der Waals surface area contributed by atoms with Crippen molar-refractivity contribution in [2.24, 2.45) is 5.14 Å². The molecule has 0 fully saturated rings. The van der Waals surface area contributed by atoms with Crippen molar-refractivity contribution < 1.29 is 21.9 Å². The van der Waals surface area contributed by atoms with E-state index in [4.69, 9.17) is 5.14 Å². The third-order valence-electron chi connectivity index (χ3n) is 1.82. The number of aromatic nitrogens is 1. The molecule has 0 saturated carbocycles. The molecule has 90 valence electrons. The first-order valence-electron chi connectivity index (χ1n) is 4.14. The normalized spacial score (nSPS) is 11.9. The molecule has 0 atom stereocenters. The van der Waals surface area contributed by atoms with Crippen molar-refractivity contribution in [3.05, 3.63) is 17.3 Å². The molecule has 16 heavy (non-hydrogen) atoms. The largest absolute Gasteiger partial charge is 0.496 e. The maximum absolute atomic E-state index is 12.7. The molecule has 1 heterocycles. The number of sulfonamides is 1. The zero-order valence-corrected chi connectivity index (χ0v) is 9.38. The van der Waals surface area contributed by atoms with Gasteiger partial charge in [0.2, 0.25) is 0 Å². The number of methoxy groups -OCH3 is 1. The summed E-state index contributed by atoms with van der Waals surface area (Å²) in [5, 5.41) is 3.96. The molecule has 0 radical (unpaired) electrons. The van der Waals surface area contributed by atoms with E-state index in [1.54, 1.807) is 0 Å². The lowest BCUT2D eigenvalue weighted by Gasteiger charge is -2.12. The summed E-state index contributed by atoms with van der Waals surface area (Å²) in [5.41, 5.74) is -0.583. The number of rotatable bonds is 3. The van der Waals surface area contributed by atoms with Crippen LogP contribution in [-0.4, -0.2) is 20.5 Å². The van der Waals surface area contributed by atoms with Crippen molar-refractivity contribution in [2.75, 3.05) is 7.11 Å². The van der Waals surface area contributed by atoms with E-state index < -0.39 is 27.0 Å². The lowest BCUT2D eigenvalue weighted by Crippen LogP contribution is -2.18. The molecule has 1 aromatic heterocycles. The third kappa shape index (κ3) is 2.45. The van der Waals surface area contributed by atoms with Crippen LogP contribution in [-0.2, 0) is 10.0 Å². The summed E-state index contributed by atoms with van der Waals surface area (Å²) in [4.78, 5) is 3.50. The number of ether oxygens (including phenoxy) is 1. The second kappa shape index (κ2) is 4.30. The number of pyridine rings is 1. The van der Waals surface area contributed by atoms with Crippen molar-refractivity contribution >= 4 is 10.0 Å². The van der Waals surface area contributed by atoms with Crippen LogP contribution in [0.5, 0.6) is 5.75 Å². The molecule has 0 spiro atoms. The van der Waals surface area contributed by atoms with Crippen molar-refractivity contribution in [1.82, 2.24) is 4.98 Å². The first-order valence-corrected chi connectivity index (χ1v) is 5.68. The van der Waals surface area contributed by atoms with Gasteiger partial charge in [-0.2, -0.15) is 0 Å².